The molecule has 8 heteroatoms. The van der Waals surface area contributed by atoms with Gasteiger partial charge in [-0.1, -0.05) is 24.3 Å². The van der Waals surface area contributed by atoms with E-state index in [4.69, 9.17) is 9.47 Å². The summed E-state index contributed by atoms with van der Waals surface area (Å²) in [4.78, 5) is 23.5. The Bertz CT molecular complexity index is 933. The number of nitrogens with zero attached hydrogens (tertiary/aromatic N) is 1. The number of ether oxygens (including phenoxy) is 2. The maximum atomic E-state index is 12.2. The van der Waals surface area contributed by atoms with Crippen LogP contribution in [0.5, 0.6) is 0 Å². The van der Waals surface area contributed by atoms with E-state index in [1.165, 1.54) is 10.6 Å². The normalized spacial score (nSPS) is 11.4. The quantitative estimate of drug-likeness (QED) is 0.409. The summed E-state index contributed by atoms with van der Waals surface area (Å²) in [7, 11) is -3.31. The van der Waals surface area contributed by atoms with E-state index >= 15 is 0 Å². The molecule has 0 aromatic heterocycles. The molecule has 0 saturated carbocycles. The number of sulfonamides is 1. The van der Waals surface area contributed by atoms with Crippen LogP contribution >= 0.6 is 0 Å². The van der Waals surface area contributed by atoms with Crippen molar-refractivity contribution < 1.29 is 27.5 Å². The van der Waals surface area contributed by atoms with Gasteiger partial charge in [-0.05, 0) is 74.9 Å². The van der Waals surface area contributed by atoms with Crippen LogP contribution in [0.15, 0.2) is 48.5 Å². The van der Waals surface area contributed by atoms with Crippen LogP contribution in [-0.2, 0) is 32.3 Å². The highest BCUT2D eigenvalue weighted by atomic mass is 32.2. The fourth-order valence-electron chi connectivity index (χ4n) is 3.41. The predicted octanol–water partition coefficient (Wildman–Crippen LogP) is 3.87. The average molecular weight is 476 g/mol. The number of carbonyl (C=O) groups is 2. The van der Waals surface area contributed by atoms with E-state index < -0.39 is 10.0 Å². The Hall–Kier alpha value is -2.71. The second-order valence-corrected chi connectivity index (χ2v) is 9.69. The number of esters is 2. The molecule has 0 unspecified atom stereocenters. The lowest BCUT2D eigenvalue weighted by Gasteiger charge is -2.20. The molecule has 0 aliphatic rings. The third-order valence-electron chi connectivity index (χ3n) is 5.15. The van der Waals surface area contributed by atoms with Crippen molar-refractivity contribution in [3.63, 3.8) is 0 Å². The van der Waals surface area contributed by atoms with Crippen molar-refractivity contribution in [2.24, 2.45) is 0 Å². The summed E-state index contributed by atoms with van der Waals surface area (Å²) in [5.41, 5.74) is 3.10. The molecule has 2 rings (SSSR count). The van der Waals surface area contributed by atoms with Crippen molar-refractivity contribution in [1.82, 2.24) is 4.31 Å². The smallest absolute Gasteiger partial charge is 0.338 e. The summed E-state index contributed by atoms with van der Waals surface area (Å²) in [5.74, 6) is -0.689. The Morgan fingerprint density at radius 2 is 1.09 bits per heavy atom. The first kappa shape index (κ1) is 26.5. The van der Waals surface area contributed by atoms with Gasteiger partial charge in [-0.3, -0.25) is 0 Å². The molecule has 0 amide bonds. The maximum Gasteiger partial charge on any atom is 0.338 e. The second kappa shape index (κ2) is 13.1. The summed E-state index contributed by atoms with van der Waals surface area (Å²) in [6.07, 6.45) is 4.02. The summed E-state index contributed by atoms with van der Waals surface area (Å²) < 4.78 is 35.9. The molecule has 0 N–H and O–H groups in total. The highest BCUT2D eigenvalue weighted by Gasteiger charge is 2.16. The van der Waals surface area contributed by atoms with E-state index in [0.29, 0.717) is 63.1 Å². The van der Waals surface area contributed by atoms with E-state index in [0.717, 1.165) is 11.1 Å². The SMILES string of the molecule is CCOC(=O)c1ccc(CCCN(CCCc2ccc(C(=O)OCC)cc2)S(C)(=O)=O)cc1. The van der Waals surface area contributed by atoms with Gasteiger partial charge >= 0.3 is 11.9 Å². The molecule has 0 bridgehead atoms. The third kappa shape index (κ3) is 8.98. The molecule has 2 aromatic carbocycles. The van der Waals surface area contributed by atoms with Crippen molar-refractivity contribution >= 4 is 22.0 Å². The highest BCUT2D eigenvalue weighted by Crippen LogP contribution is 2.12. The molecule has 0 aliphatic heterocycles. The standard InChI is InChI=1S/C25H33NO6S/c1-4-31-24(27)22-14-10-20(11-15-22)8-6-18-26(33(3,29)30)19-7-9-21-12-16-23(17-13-21)25(28)32-5-2/h10-17H,4-9,18-19H2,1-3H3. The van der Waals surface area contributed by atoms with Crippen molar-refractivity contribution in [1.29, 1.82) is 0 Å². The zero-order valence-corrected chi connectivity index (χ0v) is 20.4. The topological polar surface area (TPSA) is 90.0 Å². The van der Waals surface area contributed by atoms with Crippen molar-refractivity contribution in [2.75, 3.05) is 32.6 Å². The molecule has 0 heterocycles. The first-order valence-corrected chi connectivity index (χ1v) is 13.1. The number of carbonyl (C=O) groups excluding carboxylic acids is 2. The van der Waals surface area contributed by atoms with E-state index in [2.05, 4.69) is 0 Å². The molecule has 7 nitrogen and oxygen atoms in total. The fraction of sp³-hybridized carbons (Fsp3) is 0.440. The Labute approximate surface area is 196 Å². The third-order valence-corrected chi connectivity index (χ3v) is 6.45. The van der Waals surface area contributed by atoms with Gasteiger partial charge in [0.1, 0.15) is 0 Å². The highest BCUT2D eigenvalue weighted by molar-refractivity contribution is 7.88. The average Bonchev–Trinajstić information content (AvgIpc) is 2.78. The van der Waals surface area contributed by atoms with Crippen molar-refractivity contribution in [2.45, 2.75) is 39.5 Å². The lowest BCUT2D eigenvalue weighted by molar-refractivity contribution is 0.0516. The van der Waals surface area contributed by atoms with Crippen LogP contribution in [-0.4, -0.2) is 57.2 Å². The minimum Gasteiger partial charge on any atom is -0.462 e. The fourth-order valence-corrected chi connectivity index (χ4v) is 4.33. The first-order valence-electron chi connectivity index (χ1n) is 11.2. The van der Waals surface area contributed by atoms with E-state index in [-0.39, 0.29) is 11.9 Å². The Kier molecular flexibility index (Phi) is 10.5. The van der Waals surface area contributed by atoms with Crippen molar-refractivity contribution in [3.8, 4) is 0 Å². The van der Waals surface area contributed by atoms with Gasteiger partial charge in [0.05, 0.1) is 30.6 Å². The molecule has 2 aromatic rings. The Morgan fingerprint density at radius 3 is 1.39 bits per heavy atom. The molecule has 0 aliphatic carbocycles. The molecule has 180 valence electrons. The van der Waals surface area contributed by atoms with Crippen LogP contribution in [0.3, 0.4) is 0 Å². The van der Waals surface area contributed by atoms with Gasteiger partial charge in [0.15, 0.2) is 0 Å². The van der Waals surface area contributed by atoms with Crippen LogP contribution in [0.25, 0.3) is 0 Å². The molecule has 0 fully saturated rings. The van der Waals surface area contributed by atoms with Gasteiger partial charge in [-0.2, -0.15) is 0 Å². The van der Waals surface area contributed by atoms with E-state index in [9.17, 15) is 18.0 Å². The number of aryl methyl sites for hydroxylation is 2. The molecule has 33 heavy (non-hydrogen) atoms. The maximum absolute atomic E-state index is 12.2. The number of benzene rings is 2. The molecular formula is C25H33NO6S. The molecule has 0 spiro atoms. The van der Waals surface area contributed by atoms with Gasteiger partial charge in [-0.15, -0.1) is 0 Å². The van der Waals surface area contributed by atoms with Gasteiger partial charge in [-0.25, -0.2) is 22.3 Å². The molecular weight excluding hydrogens is 442 g/mol. The first-order chi connectivity index (χ1) is 15.7. The van der Waals surface area contributed by atoms with Crippen molar-refractivity contribution in [3.05, 3.63) is 70.8 Å². The second-order valence-electron chi connectivity index (χ2n) is 7.70. The summed E-state index contributed by atoms with van der Waals surface area (Å²) in [6, 6.07) is 14.4. The van der Waals surface area contributed by atoms with Gasteiger partial charge in [0.2, 0.25) is 10.0 Å². The molecule has 0 saturated heterocycles. The zero-order chi connectivity index (χ0) is 24.3. The monoisotopic (exact) mass is 475 g/mol. The summed E-state index contributed by atoms with van der Waals surface area (Å²) >= 11 is 0. The van der Waals surface area contributed by atoms with Crippen LogP contribution in [0, 0.1) is 0 Å². The largest absolute Gasteiger partial charge is 0.462 e. The van der Waals surface area contributed by atoms with Gasteiger partial charge < -0.3 is 9.47 Å². The van der Waals surface area contributed by atoms with E-state index in [1.807, 2.05) is 24.3 Å². The minimum atomic E-state index is -3.31. The predicted molar refractivity (Wildman–Crippen MR) is 128 cm³/mol. The molecule has 0 atom stereocenters. The summed E-state index contributed by atoms with van der Waals surface area (Å²) in [5, 5.41) is 0. The number of hydrogen-bond acceptors (Lipinski definition) is 6. The molecule has 0 radical (unpaired) electrons. The van der Waals surface area contributed by atoms with Crippen LogP contribution in [0.1, 0.15) is 58.5 Å². The Balaban J connectivity index is 1.83. The van der Waals surface area contributed by atoms with Crippen LogP contribution < -0.4 is 0 Å². The van der Waals surface area contributed by atoms with Gasteiger partial charge in [0.25, 0.3) is 0 Å². The number of rotatable bonds is 13. The minimum absolute atomic E-state index is 0.334. The zero-order valence-electron chi connectivity index (χ0n) is 19.6. The van der Waals surface area contributed by atoms with Crippen LogP contribution in [0.4, 0.5) is 0 Å². The number of hydrogen-bond donors (Lipinski definition) is 0. The lowest BCUT2D eigenvalue weighted by atomic mass is 10.1. The summed E-state index contributed by atoms with van der Waals surface area (Å²) in [6.45, 7) is 5.06. The van der Waals surface area contributed by atoms with E-state index in [1.54, 1.807) is 38.1 Å². The lowest BCUT2D eigenvalue weighted by Crippen LogP contribution is -2.32. The Morgan fingerprint density at radius 1 is 0.727 bits per heavy atom. The van der Waals surface area contributed by atoms with Crippen LogP contribution in [0.2, 0.25) is 0 Å². The van der Waals surface area contributed by atoms with Gasteiger partial charge in [0, 0.05) is 13.1 Å².